The number of aromatic nitrogens is 2. The average Bonchev–Trinajstić information content (AvgIpc) is 4.07. The van der Waals surface area contributed by atoms with Crippen LogP contribution in [0.15, 0.2) is 267 Å². The highest BCUT2D eigenvalue weighted by Crippen LogP contribution is 2.49. The van der Waals surface area contributed by atoms with E-state index >= 15 is 0 Å². The molecule has 0 saturated heterocycles. The zero-order chi connectivity index (χ0) is 46.1. The van der Waals surface area contributed by atoms with Crippen LogP contribution in [0.1, 0.15) is 11.5 Å². The van der Waals surface area contributed by atoms with Crippen LogP contribution in [0.5, 0.6) is 0 Å². The molecule has 2 aromatic heterocycles. The molecule has 70 heavy (non-hydrogen) atoms. The first-order valence-corrected chi connectivity index (χ1v) is 24.3. The summed E-state index contributed by atoms with van der Waals surface area (Å²) in [5, 5.41) is 5.02. The van der Waals surface area contributed by atoms with Gasteiger partial charge in [0, 0.05) is 67.3 Å². The van der Waals surface area contributed by atoms with Crippen LogP contribution in [-0.2, 0) is 0 Å². The first-order chi connectivity index (χ1) is 34.7. The normalized spacial score (nSPS) is 15.0. The third-order valence-corrected chi connectivity index (χ3v) is 14.6. The van der Waals surface area contributed by atoms with Crippen LogP contribution in [0, 0.1) is 0 Å². The van der Waals surface area contributed by atoms with E-state index in [2.05, 4.69) is 286 Å². The van der Waals surface area contributed by atoms with Crippen molar-refractivity contribution in [1.82, 2.24) is 9.13 Å². The van der Waals surface area contributed by atoms with Crippen molar-refractivity contribution in [3.8, 4) is 33.6 Å². The lowest BCUT2D eigenvalue weighted by Gasteiger charge is -2.28. The topological polar surface area (TPSA) is 16.3 Å². The van der Waals surface area contributed by atoms with E-state index in [-0.39, 0.29) is 6.04 Å². The summed E-state index contributed by atoms with van der Waals surface area (Å²) in [7, 11) is 0. The number of allylic oxidation sites excluding steroid dienone is 2. The molecule has 0 bridgehead atoms. The molecule has 0 fully saturated rings. The fourth-order valence-corrected chi connectivity index (χ4v) is 11.4. The molecule has 0 N–H and O–H groups in total. The molecule has 14 rings (SSSR count). The minimum absolute atomic E-state index is 0.255. The van der Waals surface area contributed by atoms with Gasteiger partial charge in [-0.2, -0.15) is 0 Å². The van der Waals surface area contributed by atoms with Crippen molar-refractivity contribution in [2.24, 2.45) is 0 Å². The summed E-state index contributed by atoms with van der Waals surface area (Å²) in [5.41, 5.74) is 19.0. The molecule has 4 heteroatoms. The molecule has 0 spiro atoms. The van der Waals surface area contributed by atoms with Crippen molar-refractivity contribution >= 4 is 72.0 Å². The second kappa shape index (κ2) is 16.3. The fourth-order valence-electron chi connectivity index (χ4n) is 11.4. The monoisotopic (exact) mass is 894 g/mol. The summed E-state index contributed by atoms with van der Waals surface area (Å²) in [6.45, 7) is 0. The van der Waals surface area contributed by atoms with Crippen LogP contribution in [0.3, 0.4) is 0 Å². The molecular weight excluding hydrogens is 849 g/mol. The summed E-state index contributed by atoms with van der Waals surface area (Å²) in [4.78, 5) is 4.87. The Hall–Kier alpha value is -9.12. The number of benzene rings is 10. The molecule has 3 heterocycles. The summed E-state index contributed by atoms with van der Waals surface area (Å²) < 4.78 is 4.77. The van der Waals surface area contributed by atoms with E-state index in [1.807, 2.05) is 0 Å². The molecule has 1 aliphatic heterocycles. The van der Waals surface area contributed by atoms with E-state index in [1.165, 1.54) is 82.8 Å². The highest BCUT2D eigenvalue weighted by Gasteiger charge is 2.37. The Kier molecular flexibility index (Phi) is 9.31. The van der Waals surface area contributed by atoms with Gasteiger partial charge in [0.25, 0.3) is 0 Å². The third kappa shape index (κ3) is 6.45. The van der Waals surface area contributed by atoms with Crippen molar-refractivity contribution in [2.75, 3.05) is 9.80 Å². The minimum Gasteiger partial charge on any atom is -0.333 e. The molecule has 2 atom stereocenters. The molecule has 1 aliphatic carbocycles. The van der Waals surface area contributed by atoms with Crippen molar-refractivity contribution in [2.45, 2.75) is 12.0 Å². The summed E-state index contributed by atoms with van der Waals surface area (Å²) in [6.07, 6.45) is 9.08. The van der Waals surface area contributed by atoms with Gasteiger partial charge in [0.2, 0.25) is 0 Å². The predicted octanol–water partition coefficient (Wildman–Crippen LogP) is 17.4. The first-order valence-electron chi connectivity index (χ1n) is 24.3. The van der Waals surface area contributed by atoms with Gasteiger partial charge in [-0.25, -0.2) is 0 Å². The Morgan fingerprint density at radius 3 is 1.33 bits per heavy atom. The van der Waals surface area contributed by atoms with Gasteiger partial charge in [-0.3, -0.25) is 0 Å². The van der Waals surface area contributed by atoms with E-state index in [0.717, 1.165) is 28.4 Å². The Morgan fingerprint density at radius 1 is 0.314 bits per heavy atom. The second-order valence-corrected chi connectivity index (χ2v) is 18.5. The molecule has 330 valence electrons. The standard InChI is InChI=1S/C66H46N4/c1-3-15-49(16-4-1)68-64-26-14-10-22-58(64)60-43-47(32-42-65(60)68)45-27-33-51(34-28-45)67(53-37-39-54(40-38-53)69-61-23-11-7-19-55(61)56-20-8-12-24-62(56)69)52-35-29-46(30-36-52)48-31-41-59-57-21-9-13-25-63(57)70(66(59)44-48)50-17-5-2-6-18-50/h1-44,58,64H. The van der Waals surface area contributed by atoms with Crippen LogP contribution in [0.2, 0.25) is 0 Å². The molecule has 12 aromatic rings. The summed E-state index contributed by atoms with van der Waals surface area (Å²) >= 11 is 0. The van der Waals surface area contributed by atoms with Crippen LogP contribution in [-0.4, -0.2) is 15.2 Å². The molecule has 10 aromatic carbocycles. The molecule has 2 unspecified atom stereocenters. The summed E-state index contributed by atoms with van der Waals surface area (Å²) in [5.74, 6) is 0.291. The van der Waals surface area contributed by atoms with Gasteiger partial charge in [0.1, 0.15) is 0 Å². The quantitative estimate of drug-likeness (QED) is 0.151. The lowest BCUT2D eigenvalue weighted by Crippen LogP contribution is -2.28. The number of para-hydroxylation sites is 5. The van der Waals surface area contributed by atoms with E-state index < -0.39 is 0 Å². The van der Waals surface area contributed by atoms with Crippen LogP contribution >= 0.6 is 0 Å². The number of nitrogens with zero attached hydrogens (tertiary/aromatic N) is 4. The van der Waals surface area contributed by atoms with E-state index in [9.17, 15) is 0 Å². The third-order valence-electron chi connectivity index (χ3n) is 14.6. The average molecular weight is 895 g/mol. The lowest BCUT2D eigenvalue weighted by atomic mass is 9.89. The molecule has 2 aliphatic rings. The van der Waals surface area contributed by atoms with Gasteiger partial charge in [-0.05, 0) is 137 Å². The maximum Gasteiger partial charge on any atom is 0.0629 e. The summed E-state index contributed by atoms with van der Waals surface area (Å²) in [6, 6.07) is 89.0. The van der Waals surface area contributed by atoms with E-state index in [4.69, 9.17) is 0 Å². The fraction of sp³-hybridized carbons (Fsp3) is 0.0303. The number of hydrogen-bond donors (Lipinski definition) is 0. The van der Waals surface area contributed by atoms with Crippen molar-refractivity contribution in [1.29, 1.82) is 0 Å². The largest absolute Gasteiger partial charge is 0.333 e. The molecule has 4 nitrogen and oxygen atoms in total. The van der Waals surface area contributed by atoms with Gasteiger partial charge in [-0.15, -0.1) is 0 Å². The Bertz CT molecular complexity index is 3940. The molecule has 0 radical (unpaired) electrons. The maximum absolute atomic E-state index is 2.49. The zero-order valence-electron chi connectivity index (χ0n) is 38.3. The SMILES string of the molecule is C1=CC2c3cc(-c4ccc(N(c5ccc(-c6ccc7c8ccccc8n(-c8ccccc8)c7c6)cc5)c5ccc(-n6c7ccccc7c7ccccc76)cc5)cc4)ccc3N(c3ccccc3)C2C=C1. The van der Waals surface area contributed by atoms with E-state index in [0.29, 0.717) is 5.92 Å². The molecule has 0 saturated carbocycles. The predicted molar refractivity (Wildman–Crippen MR) is 294 cm³/mol. The Labute approximate surface area is 407 Å². The molecular formula is C66H46N4. The van der Waals surface area contributed by atoms with Gasteiger partial charge < -0.3 is 18.9 Å². The number of fused-ring (bicyclic) bond motifs is 9. The number of hydrogen-bond acceptors (Lipinski definition) is 2. The maximum atomic E-state index is 2.49. The van der Waals surface area contributed by atoms with Crippen LogP contribution < -0.4 is 9.80 Å². The van der Waals surface area contributed by atoms with Gasteiger partial charge in [-0.1, -0.05) is 158 Å². The van der Waals surface area contributed by atoms with Crippen molar-refractivity contribution < 1.29 is 0 Å². The Morgan fingerprint density at radius 2 is 0.743 bits per heavy atom. The highest BCUT2D eigenvalue weighted by molar-refractivity contribution is 6.11. The number of rotatable bonds is 8. The Balaban J connectivity index is 0.850. The number of anilines is 5. The second-order valence-electron chi connectivity index (χ2n) is 18.5. The van der Waals surface area contributed by atoms with Gasteiger partial charge >= 0.3 is 0 Å². The minimum atomic E-state index is 0.255. The van der Waals surface area contributed by atoms with Gasteiger partial charge in [0.15, 0.2) is 0 Å². The zero-order valence-corrected chi connectivity index (χ0v) is 38.3. The van der Waals surface area contributed by atoms with Crippen LogP contribution in [0.4, 0.5) is 28.4 Å². The molecule has 0 amide bonds. The van der Waals surface area contributed by atoms with Crippen LogP contribution in [0.25, 0.3) is 77.2 Å². The highest BCUT2D eigenvalue weighted by atomic mass is 15.2. The smallest absolute Gasteiger partial charge is 0.0629 e. The lowest BCUT2D eigenvalue weighted by molar-refractivity contribution is 0.745. The van der Waals surface area contributed by atoms with E-state index in [1.54, 1.807) is 0 Å². The first kappa shape index (κ1) is 40.0. The van der Waals surface area contributed by atoms with Gasteiger partial charge in [0.05, 0.1) is 28.1 Å². The van der Waals surface area contributed by atoms with Crippen molar-refractivity contribution in [3.63, 3.8) is 0 Å². The van der Waals surface area contributed by atoms with Crippen molar-refractivity contribution in [3.05, 3.63) is 273 Å².